The zero-order chi connectivity index (χ0) is 20.1. The molecular weight excluding hydrogens is 360 g/mol. The molecule has 29 heavy (non-hydrogen) atoms. The van der Waals surface area contributed by atoms with Gasteiger partial charge in [-0.1, -0.05) is 72.8 Å². The Morgan fingerprint density at radius 1 is 0.759 bits per heavy atom. The van der Waals surface area contributed by atoms with Gasteiger partial charge in [-0.2, -0.15) is 0 Å². The highest BCUT2D eigenvalue weighted by molar-refractivity contribution is 5.91. The first-order chi connectivity index (χ1) is 14.2. The van der Waals surface area contributed by atoms with E-state index in [2.05, 4.69) is 10.3 Å². The molecule has 0 atom stereocenters. The minimum absolute atomic E-state index is 0.114. The number of rotatable bonds is 4. The summed E-state index contributed by atoms with van der Waals surface area (Å²) in [4.78, 5) is 15.0. The maximum Gasteiger partial charge on any atom is 0.227 e. The summed E-state index contributed by atoms with van der Waals surface area (Å²) in [5.41, 5.74) is 3.52. The zero-order valence-corrected chi connectivity index (χ0v) is 16.1. The van der Waals surface area contributed by atoms with E-state index < -0.39 is 0 Å². The van der Waals surface area contributed by atoms with Gasteiger partial charge in [-0.3, -0.25) is 4.79 Å². The summed E-state index contributed by atoms with van der Waals surface area (Å²) in [5.74, 6) is 1.40. The summed E-state index contributed by atoms with van der Waals surface area (Å²) >= 11 is 0. The monoisotopic (exact) mass is 381 g/mol. The quantitative estimate of drug-likeness (QED) is 0.564. The normalized spacial score (nSPS) is 10.4. The molecule has 0 aliphatic carbocycles. The summed E-state index contributed by atoms with van der Waals surface area (Å²) in [7, 11) is 0. The number of benzene rings is 3. The van der Waals surface area contributed by atoms with E-state index in [4.69, 9.17) is 4.42 Å². The molecular formula is C25H21N2O2+. The van der Waals surface area contributed by atoms with Gasteiger partial charge in [-0.15, -0.1) is 0 Å². The fraction of sp³-hybridized carbons (Fsp3) is 0.0400. The molecule has 0 saturated heterocycles. The van der Waals surface area contributed by atoms with Crippen molar-refractivity contribution in [3.63, 3.8) is 0 Å². The van der Waals surface area contributed by atoms with Crippen LogP contribution in [-0.4, -0.2) is 5.91 Å². The van der Waals surface area contributed by atoms with E-state index >= 15 is 0 Å². The largest absolute Gasteiger partial charge is 0.456 e. The average molecular weight is 381 g/mol. The highest BCUT2D eigenvalue weighted by Crippen LogP contribution is 2.24. The van der Waals surface area contributed by atoms with Crippen molar-refractivity contribution in [2.24, 2.45) is 0 Å². The Balaban J connectivity index is 1.90. The SMILES string of the molecule is CC(=O)Nc1ccccc1[NH+]=c1cc(-c2ccccc2)oc(-c2ccccc2)c1. The minimum atomic E-state index is -0.114. The number of anilines is 1. The third kappa shape index (κ3) is 4.50. The average Bonchev–Trinajstić information content (AvgIpc) is 2.76. The van der Waals surface area contributed by atoms with Gasteiger partial charge in [-0.05, 0) is 6.07 Å². The summed E-state index contributed by atoms with van der Waals surface area (Å²) in [6.45, 7) is 1.50. The van der Waals surface area contributed by atoms with Gasteiger partial charge in [0.2, 0.25) is 17.0 Å². The minimum Gasteiger partial charge on any atom is -0.456 e. The Labute approximate surface area is 169 Å². The van der Waals surface area contributed by atoms with E-state index in [1.165, 1.54) is 6.92 Å². The van der Waals surface area contributed by atoms with Crippen molar-refractivity contribution >= 4 is 17.3 Å². The lowest BCUT2D eigenvalue weighted by Gasteiger charge is -2.05. The van der Waals surface area contributed by atoms with Crippen LogP contribution in [0.3, 0.4) is 0 Å². The number of para-hydroxylation sites is 2. The first kappa shape index (κ1) is 18.4. The first-order valence-corrected chi connectivity index (χ1v) is 9.42. The van der Waals surface area contributed by atoms with Gasteiger partial charge in [0.25, 0.3) is 0 Å². The Hall–Kier alpha value is -3.92. The molecule has 3 aromatic carbocycles. The zero-order valence-electron chi connectivity index (χ0n) is 16.1. The second kappa shape index (κ2) is 8.40. The van der Waals surface area contributed by atoms with Crippen LogP contribution in [0.25, 0.3) is 22.6 Å². The van der Waals surface area contributed by atoms with Crippen LogP contribution >= 0.6 is 0 Å². The van der Waals surface area contributed by atoms with E-state index in [1.807, 2.05) is 97.1 Å². The van der Waals surface area contributed by atoms with Crippen molar-refractivity contribution < 1.29 is 14.2 Å². The van der Waals surface area contributed by atoms with Crippen LogP contribution in [0.4, 0.5) is 11.4 Å². The van der Waals surface area contributed by atoms with Gasteiger partial charge >= 0.3 is 0 Å². The second-order valence-corrected chi connectivity index (χ2v) is 6.66. The Morgan fingerprint density at radius 3 is 1.83 bits per heavy atom. The van der Waals surface area contributed by atoms with Crippen molar-refractivity contribution in [2.45, 2.75) is 6.92 Å². The Morgan fingerprint density at radius 2 is 1.28 bits per heavy atom. The molecule has 4 nitrogen and oxygen atoms in total. The van der Waals surface area contributed by atoms with E-state index in [-0.39, 0.29) is 5.91 Å². The third-order valence-corrected chi connectivity index (χ3v) is 4.43. The first-order valence-electron chi connectivity index (χ1n) is 9.42. The predicted molar refractivity (Wildman–Crippen MR) is 114 cm³/mol. The summed E-state index contributed by atoms with van der Waals surface area (Å²) in [5, 5.41) is 3.73. The van der Waals surface area contributed by atoms with Gasteiger partial charge in [0, 0.05) is 24.1 Å². The molecule has 4 heteroatoms. The summed E-state index contributed by atoms with van der Waals surface area (Å²) in [6, 6.07) is 31.5. The number of carbonyl (C=O) groups is 1. The number of amides is 1. The molecule has 2 N–H and O–H groups in total. The van der Waals surface area contributed by atoms with Gasteiger partial charge in [-0.25, -0.2) is 4.99 Å². The maximum absolute atomic E-state index is 11.5. The van der Waals surface area contributed by atoms with Crippen LogP contribution in [0.5, 0.6) is 0 Å². The Bertz CT molecular complexity index is 1140. The predicted octanol–water partition coefficient (Wildman–Crippen LogP) is 3.89. The lowest BCUT2D eigenvalue weighted by atomic mass is 10.1. The van der Waals surface area contributed by atoms with Gasteiger partial charge in [0.05, 0.1) is 12.1 Å². The van der Waals surface area contributed by atoms with Gasteiger partial charge in [0.15, 0.2) is 0 Å². The molecule has 0 saturated carbocycles. The van der Waals surface area contributed by atoms with Gasteiger partial charge < -0.3 is 9.73 Å². The van der Waals surface area contributed by atoms with Crippen LogP contribution in [-0.2, 0) is 4.79 Å². The number of carbonyl (C=O) groups excluding carboxylic acids is 1. The lowest BCUT2D eigenvalue weighted by molar-refractivity contribution is -0.401. The summed E-state index contributed by atoms with van der Waals surface area (Å²) in [6.07, 6.45) is 0. The molecule has 1 heterocycles. The molecule has 0 unspecified atom stereocenters. The number of nitrogens with one attached hydrogen (secondary N) is 2. The van der Waals surface area contributed by atoms with E-state index in [9.17, 15) is 4.79 Å². The molecule has 1 amide bonds. The van der Waals surface area contributed by atoms with E-state index in [0.717, 1.165) is 39.4 Å². The number of hydrogen-bond donors (Lipinski definition) is 2. The standard InChI is InChI=1S/C25H20N2O2/c1-18(28)26-22-14-8-9-15-23(22)27-21-16-24(19-10-4-2-5-11-19)29-25(17-21)20-12-6-3-7-13-20/h2-17H,1H3,(H,26,28)/p+1. The van der Waals surface area contributed by atoms with Crippen LogP contribution in [0, 0.1) is 0 Å². The Kier molecular flexibility index (Phi) is 5.34. The van der Waals surface area contributed by atoms with Crippen LogP contribution < -0.4 is 15.7 Å². The second-order valence-electron chi connectivity index (χ2n) is 6.66. The van der Waals surface area contributed by atoms with Gasteiger partial charge in [0.1, 0.15) is 17.2 Å². The molecule has 0 aliphatic heterocycles. The van der Waals surface area contributed by atoms with Crippen molar-refractivity contribution in [2.75, 3.05) is 5.32 Å². The van der Waals surface area contributed by atoms with Crippen LogP contribution in [0.1, 0.15) is 6.92 Å². The molecule has 0 bridgehead atoms. The van der Waals surface area contributed by atoms with Crippen molar-refractivity contribution in [1.29, 1.82) is 0 Å². The highest BCUT2D eigenvalue weighted by Gasteiger charge is 2.11. The molecule has 0 radical (unpaired) electrons. The van der Waals surface area contributed by atoms with Crippen molar-refractivity contribution in [3.05, 3.63) is 102 Å². The van der Waals surface area contributed by atoms with Crippen molar-refractivity contribution in [3.8, 4) is 22.6 Å². The molecule has 1 aromatic heterocycles. The molecule has 0 fully saturated rings. The lowest BCUT2D eigenvalue weighted by Crippen LogP contribution is -2.70. The van der Waals surface area contributed by atoms with Crippen LogP contribution in [0.15, 0.2) is 101 Å². The third-order valence-electron chi connectivity index (χ3n) is 4.43. The van der Waals surface area contributed by atoms with E-state index in [0.29, 0.717) is 0 Å². The maximum atomic E-state index is 11.5. The molecule has 4 aromatic rings. The fourth-order valence-corrected chi connectivity index (χ4v) is 3.11. The van der Waals surface area contributed by atoms with Crippen LogP contribution in [0.2, 0.25) is 0 Å². The number of hydrogen-bond acceptors (Lipinski definition) is 2. The highest BCUT2D eigenvalue weighted by atomic mass is 16.3. The summed E-state index contributed by atoms with van der Waals surface area (Å²) < 4.78 is 6.21. The van der Waals surface area contributed by atoms with E-state index in [1.54, 1.807) is 0 Å². The molecule has 0 aliphatic rings. The molecule has 0 spiro atoms. The molecule has 142 valence electrons. The fourth-order valence-electron chi connectivity index (χ4n) is 3.11. The topological polar surface area (TPSA) is 56.2 Å². The molecule has 4 rings (SSSR count). The smallest absolute Gasteiger partial charge is 0.227 e. The van der Waals surface area contributed by atoms with Crippen molar-refractivity contribution in [1.82, 2.24) is 0 Å².